The van der Waals surface area contributed by atoms with Crippen LogP contribution in [0.25, 0.3) is 0 Å². The van der Waals surface area contributed by atoms with E-state index in [1.807, 2.05) is 0 Å². The van der Waals surface area contributed by atoms with Crippen molar-refractivity contribution < 1.29 is 30.3 Å². The molecule has 0 heterocycles. The quantitative estimate of drug-likeness (QED) is 0.339. The molecule has 0 spiro atoms. The third kappa shape index (κ3) is 1.80. The van der Waals surface area contributed by atoms with Gasteiger partial charge in [-0.25, -0.2) is 0 Å². The second-order valence-corrected chi connectivity index (χ2v) is 3.35. The maximum Gasteiger partial charge on any atom is 0.109 e. The summed E-state index contributed by atoms with van der Waals surface area (Å²) in [4.78, 5) is 10.4. The standard InChI is InChI=1S/C7H12O6/c8-3-1-7(13,6(11)12)2-4(9)5(3)10/h3-5,8-10,13H,1-2H2,(H,11,12)/p-1/t3-,4+,5?,7?. The van der Waals surface area contributed by atoms with Gasteiger partial charge >= 0.3 is 0 Å². The maximum atomic E-state index is 10.4. The number of hydrogen-bond donors (Lipinski definition) is 4. The first-order chi connectivity index (χ1) is 5.87. The number of carboxylic acid groups (broad SMARTS) is 1. The minimum Gasteiger partial charge on any atom is -0.547 e. The van der Waals surface area contributed by atoms with E-state index in [9.17, 15) is 15.0 Å². The Morgan fingerprint density at radius 3 is 1.92 bits per heavy atom. The summed E-state index contributed by atoms with van der Waals surface area (Å²) in [7, 11) is 0. The highest BCUT2D eigenvalue weighted by Crippen LogP contribution is 2.28. The van der Waals surface area contributed by atoms with Gasteiger partial charge in [0.05, 0.1) is 18.2 Å². The largest absolute Gasteiger partial charge is 0.547 e. The lowest BCUT2D eigenvalue weighted by molar-refractivity contribution is -0.331. The molecule has 6 heteroatoms. The highest BCUT2D eigenvalue weighted by atomic mass is 16.4. The SMILES string of the molecule is O=C([O-])C1(O)C[C@@H](O)C(O)[C@@H](O)C1. The first-order valence-corrected chi connectivity index (χ1v) is 3.85. The molecule has 0 aromatic carbocycles. The highest BCUT2D eigenvalue weighted by molar-refractivity contribution is 5.75. The predicted octanol–water partition coefficient (Wildman–Crippen LogP) is -3.66. The van der Waals surface area contributed by atoms with E-state index in [1.54, 1.807) is 0 Å². The van der Waals surface area contributed by atoms with Crippen molar-refractivity contribution in [3.8, 4) is 0 Å². The lowest BCUT2D eigenvalue weighted by Gasteiger charge is -2.40. The van der Waals surface area contributed by atoms with E-state index in [2.05, 4.69) is 0 Å². The molecule has 1 saturated carbocycles. The van der Waals surface area contributed by atoms with E-state index in [4.69, 9.17) is 15.3 Å². The number of carbonyl (C=O) groups excluding carboxylic acids is 1. The lowest BCUT2D eigenvalue weighted by atomic mass is 9.80. The van der Waals surface area contributed by atoms with Crippen LogP contribution in [0.5, 0.6) is 0 Å². The molecule has 0 aromatic heterocycles. The maximum absolute atomic E-state index is 10.4. The predicted molar refractivity (Wildman–Crippen MR) is 37.2 cm³/mol. The van der Waals surface area contributed by atoms with Crippen molar-refractivity contribution in [3.63, 3.8) is 0 Å². The zero-order valence-corrected chi connectivity index (χ0v) is 6.75. The number of aliphatic hydroxyl groups is 4. The van der Waals surface area contributed by atoms with Gasteiger partial charge in [0.15, 0.2) is 0 Å². The lowest BCUT2D eigenvalue weighted by Crippen LogP contribution is -2.59. The van der Waals surface area contributed by atoms with Crippen LogP contribution in [0.3, 0.4) is 0 Å². The Balaban J connectivity index is 2.79. The Labute approximate surface area is 74.1 Å². The number of aliphatic hydroxyl groups excluding tert-OH is 3. The number of rotatable bonds is 1. The van der Waals surface area contributed by atoms with E-state index in [1.165, 1.54) is 0 Å². The summed E-state index contributed by atoms with van der Waals surface area (Å²) in [6, 6.07) is 0. The Morgan fingerprint density at radius 1 is 1.23 bits per heavy atom. The van der Waals surface area contributed by atoms with Gasteiger partial charge < -0.3 is 30.3 Å². The van der Waals surface area contributed by atoms with Gasteiger partial charge in [0, 0.05) is 12.8 Å². The van der Waals surface area contributed by atoms with E-state index < -0.39 is 42.7 Å². The van der Waals surface area contributed by atoms with Crippen LogP contribution in [0.4, 0.5) is 0 Å². The minimum atomic E-state index is -2.25. The average Bonchev–Trinajstić information content (AvgIpc) is 2.00. The molecule has 0 radical (unpaired) electrons. The first-order valence-electron chi connectivity index (χ1n) is 3.85. The second kappa shape index (κ2) is 3.22. The summed E-state index contributed by atoms with van der Waals surface area (Å²) in [6.45, 7) is 0. The van der Waals surface area contributed by atoms with Crippen molar-refractivity contribution >= 4 is 5.97 Å². The molecular weight excluding hydrogens is 180 g/mol. The summed E-state index contributed by atoms with van der Waals surface area (Å²) >= 11 is 0. The topological polar surface area (TPSA) is 121 Å². The normalized spacial score (nSPS) is 46.0. The molecule has 13 heavy (non-hydrogen) atoms. The molecule has 4 atom stereocenters. The molecule has 0 aliphatic heterocycles. The fourth-order valence-electron chi connectivity index (χ4n) is 1.44. The molecule has 0 saturated heterocycles. The summed E-state index contributed by atoms with van der Waals surface area (Å²) in [5.74, 6) is -1.75. The van der Waals surface area contributed by atoms with E-state index >= 15 is 0 Å². The Hall–Kier alpha value is -0.690. The minimum absolute atomic E-state index is 0.534. The number of carboxylic acids is 1. The fourth-order valence-corrected chi connectivity index (χ4v) is 1.44. The zero-order chi connectivity index (χ0) is 10.2. The van der Waals surface area contributed by atoms with Crippen molar-refractivity contribution in [1.82, 2.24) is 0 Å². The monoisotopic (exact) mass is 191 g/mol. The first kappa shape index (κ1) is 10.4. The van der Waals surface area contributed by atoms with Crippen molar-refractivity contribution in [1.29, 1.82) is 0 Å². The second-order valence-electron chi connectivity index (χ2n) is 3.35. The van der Waals surface area contributed by atoms with Gasteiger partial charge in [-0.1, -0.05) is 0 Å². The van der Waals surface area contributed by atoms with E-state index in [0.29, 0.717) is 0 Å². The van der Waals surface area contributed by atoms with Crippen LogP contribution in [0.2, 0.25) is 0 Å². The van der Waals surface area contributed by atoms with Crippen LogP contribution < -0.4 is 5.11 Å². The van der Waals surface area contributed by atoms with Crippen molar-refractivity contribution in [2.24, 2.45) is 0 Å². The van der Waals surface area contributed by atoms with Gasteiger partial charge in [-0.05, 0) is 0 Å². The molecule has 1 fully saturated rings. The molecule has 1 aliphatic rings. The van der Waals surface area contributed by atoms with Crippen LogP contribution in [0, 0.1) is 0 Å². The van der Waals surface area contributed by atoms with Gasteiger partial charge in [-0.2, -0.15) is 0 Å². The van der Waals surface area contributed by atoms with Crippen LogP contribution in [0.1, 0.15) is 12.8 Å². The summed E-state index contributed by atoms with van der Waals surface area (Å²) in [5, 5.41) is 46.9. The molecule has 1 aliphatic carbocycles. The van der Waals surface area contributed by atoms with Crippen LogP contribution in [-0.4, -0.2) is 50.3 Å². The van der Waals surface area contributed by atoms with Gasteiger partial charge in [0.2, 0.25) is 0 Å². The molecule has 6 nitrogen and oxygen atoms in total. The number of hydrogen-bond acceptors (Lipinski definition) is 6. The molecule has 4 N–H and O–H groups in total. The molecule has 0 aromatic rings. The third-order valence-electron chi connectivity index (χ3n) is 2.26. The van der Waals surface area contributed by atoms with Gasteiger partial charge in [0.25, 0.3) is 0 Å². The van der Waals surface area contributed by atoms with E-state index in [-0.39, 0.29) is 0 Å². The summed E-state index contributed by atoms with van der Waals surface area (Å²) < 4.78 is 0. The summed E-state index contributed by atoms with van der Waals surface area (Å²) in [6.07, 6.45) is -5.39. The molecule has 0 bridgehead atoms. The number of carbonyl (C=O) groups is 1. The molecule has 2 unspecified atom stereocenters. The molecule has 0 amide bonds. The average molecular weight is 191 g/mol. The van der Waals surface area contributed by atoms with Gasteiger partial charge in [-0.3, -0.25) is 0 Å². The summed E-state index contributed by atoms with van der Waals surface area (Å²) in [5.41, 5.74) is -2.25. The van der Waals surface area contributed by atoms with Crippen LogP contribution >= 0.6 is 0 Å². The van der Waals surface area contributed by atoms with Gasteiger partial charge in [0.1, 0.15) is 11.7 Å². The smallest absolute Gasteiger partial charge is 0.109 e. The highest BCUT2D eigenvalue weighted by Gasteiger charge is 2.44. The van der Waals surface area contributed by atoms with Crippen molar-refractivity contribution in [2.45, 2.75) is 36.8 Å². The van der Waals surface area contributed by atoms with Crippen LogP contribution in [0.15, 0.2) is 0 Å². The Bertz CT molecular complexity index is 203. The van der Waals surface area contributed by atoms with Crippen molar-refractivity contribution in [3.05, 3.63) is 0 Å². The Morgan fingerprint density at radius 2 is 1.62 bits per heavy atom. The van der Waals surface area contributed by atoms with Crippen molar-refractivity contribution in [2.75, 3.05) is 0 Å². The third-order valence-corrected chi connectivity index (χ3v) is 2.26. The Kier molecular flexibility index (Phi) is 2.58. The fraction of sp³-hybridized carbons (Fsp3) is 0.857. The number of aliphatic carboxylic acids is 1. The molecule has 76 valence electrons. The molecular formula is C7H11O6-. The zero-order valence-electron chi connectivity index (χ0n) is 6.75. The van der Waals surface area contributed by atoms with Gasteiger partial charge in [-0.15, -0.1) is 0 Å². The van der Waals surface area contributed by atoms with Crippen LogP contribution in [-0.2, 0) is 4.79 Å². The molecule has 1 rings (SSSR count). The van der Waals surface area contributed by atoms with E-state index in [0.717, 1.165) is 0 Å².